The van der Waals surface area contributed by atoms with Crippen LogP contribution in [0.4, 0.5) is 18.9 Å². The normalized spacial score (nSPS) is 20.4. The maximum atomic E-state index is 14.4. The molecular formula is C42H51F3N4O2. The molecule has 0 saturated heterocycles. The molecule has 272 valence electrons. The molecule has 2 unspecified atom stereocenters. The quantitative estimate of drug-likeness (QED) is 0.169. The first kappa shape index (κ1) is 40.7. The summed E-state index contributed by atoms with van der Waals surface area (Å²) in [6.45, 7) is 16.2. The minimum Gasteiger partial charge on any atom is -0.493 e. The number of hydrogen-bond donors (Lipinski definition) is 0. The predicted molar refractivity (Wildman–Crippen MR) is 197 cm³/mol. The third kappa shape index (κ3) is 9.98. The first-order valence-electron chi connectivity index (χ1n) is 17.9. The minimum atomic E-state index is -4.93. The van der Waals surface area contributed by atoms with Gasteiger partial charge in [0.05, 0.1) is 6.61 Å². The molecule has 9 heteroatoms. The number of hydrogen-bond acceptors (Lipinski definition) is 6. The molecule has 2 aliphatic rings. The number of rotatable bonds is 15. The first-order chi connectivity index (χ1) is 24.2. The monoisotopic (exact) mass is 700 g/mol. The lowest BCUT2D eigenvalue weighted by atomic mass is 9.74. The summed E-state index contributed by atoms with van der Waals surface area (Å²) in [4.78, 5) is 2.44. The summed E-state index contributed by atoms with van der Waals surface area (Å²) in [6, 6.07) is 13.4. The SMILES string of the molecule is CCCCC(CC)CN(CC)c1ccc(/C=C/C2=C(OCCC)C(=C/C=C/C3=C(C#N)C(=C(C#N)C#N)OC3(C)C(F)(F)F)/CC(C)(C)C2)cc1. The Morgan fingerprint density at radius 3 is 2.22 bits per heavy atom. The molecule has 51 heavy (non-hydrogen) atoms. The smallest absolute Gasteiger partial charge is 0.432 e. The van der Waals surface area contributed by atoms with Gasteiger partial charge in [0.1, 0.15) is 29.5 Å². The van der Waals surface area contributed by atoms with Crippen LogP contribution in [0.2, 0.25) is 0 Å². The molecule has 0 fully saturated rings. The second-order valence-electron chi connectivity index (χ2n) is 14.1. The van der Waals surface area contributed by atoms with Gasteiger partial charge in [0, 0.05) is 24.4 Å². The van der Waals surface area contributed by atoms with Gasteiger partial charge in [-0.15, -0.1) is 0 Å². The number of nitrogens with zero attached hydrogens (tertiary/aromatic N) is 4. The van der Waals surface area contributed by atoms with Crippen LogP contribution in [-0.2, 0) is 9.47 Å². The highest BCUT2D eigenvalue weighted by atomic mass is 19.4. The Kier molecular flexibility index (Phi) is 14.4. The second kappa shape index (κ2) is 18.0. The fourth-order valence-corrected chi connectivity index (χ4v) is 6.56. The number of halogens is 3. The van der Waals surface area contributed by atoms with E-state index in [0.29, 0.717) is 24.7 Å². The lowest BCUT2D eigenvalue weighted by Gasteiger charge is -2.34. The van der Waals surface area contributed by atoms with Gasteiger partial charge in [0.2, 0.25) is 5.60 Å². The Bertz CT molecular complexity index is 1690. The molecule has 1 heterocycles. The first-order valence-corrected chi connectivity index (χ1v) is 17.9. The van der Waals surface area contributed by atoms with E-state index < -0.39 is 34.3 Å². The van der Waals surface area contributed by atoms with Crippen LogP contribution < -0.4 is 4.90 Å². The number of ether oxygens (including phenoxy) is 2. The third-order valence-electron chi connectivity index (χ3n) is 9.49. The van der Waals surface area contributed by atoms with Crippen molar-refractivity contribution in [1.29, 1.82) is 15.8 Å². The molecule has 1 aromatic rings. The molecule has 0 spiro atoms. The van der Waals surface area contributed by atoms with Crippen molar-refractivity contribution in [3.8, 4) is 18.2 Å². The van der Waals surface area contributed by atoms with E-state index in [1.54, 1.807) is 12.1 Å². The van der Waals surface area contributed by atoms with Crippen molar-refractivity contribution in [3.05, 3.63) is 93.5 Å². The number of nitriles is 3. The molecule has 6 nitrogen and oxygen atoms in total. The summed E-state index contributed by atoms with van der Waals surface area (Å²) in [6.07, 6.45) is 10.6. The molecule has 1 aliphatic carbocycles. The fraction of sp³-hybridized carbons (Fsp3) is 0.500. The molecule has 0 radical (unpaired) electrons. The summed E-state index contributed by atoms with van der Waals surface area (Å²) in [5.74, 6) is 0.696. The van der Waals surface area contributed by atoms with Gasteiger partial charge in [-0.25, -0.2) is 0 Å². The Hall–Kier alpha value is -4.68. The van der Waals surface area contributed by atoms with Gasteiger partial charge in [-0.05, 0) is 79.7 Å². The number of benzene rings is 1. The van der Waals surface area contributed by atoms with Crippen LogP contribution in [0, 0.1) is 45.3 Å². The van der Waals surface area contributed by atoms with E-state index >= 15 is 0 Å². The van der Waals surface area contributed by atoms with E-state index in [0.717, 1.165) is 49.6 Å². The van der Waals surface area contributed by atoms with Crippen molar-refractivity contribution in [1.82, 2.24) is 0 Å². The van der Waals surface area contributed by atoms with Gasteiger partial charge in [-0.3, -0.25) is 0 Å². The van der Waals surface area contributed by atoms with Crippen LogP contribution in [0.15, 0.2) is 88.0 Å². The highest BCUT2D eigenvalue weighted by Crippen LogP contribution is 2.49. The van der Waals surface area contributed by atoms with Crippen LogP contribution in [-0.4, -0.2) is 31.5 Å². The van der Waals surface area contributed by atoms with Crippen LogP contribution in [0.5, 0.6) is 0 Å². The molecule has 0 saturated carbocycles. The average molecular weight is 701 g/mol. The maximum Gasteiger partial charge on any atom is 0.432 e. The highest BCUT2D eigenvalue weighted by molar-refractivity contribution is 5.62. The van der Waals surface area contributed by atoms with Crippen molar-refractivity contribution >= 4 is 11.8 Å². The van der Waals surface area contributed by atoms with E-state index in [1.807, 2.05) is 6.92 Å². The van der Waals surface area contributed by atoms with E-state index in [2.05, 4.69) is 75.9 Å². The van der Waals surface area contributed by atoms with Gasteiger partial charge >= 0.3 is 6.18 Å². The molecule has 3 rings (SSSR count). The van der Waals surface area contributed by atoms with Crippen LogP contribution >= 0.6 is 0 Å². The van der Waals surface area contributed by atoms with Crippen LogP contribution in [0.1, 0.15) is 99.0 Å². The van der Waals surface area contributed by atoms with Gasteiger partial charge in [0.25, 0.3) is 0 Å². The van der Waals surface area contributed by atoms with Crippen molar-refractivity contribution < 1.29 is 22.6 Å². The third-order valence-corrected chi connectivity index (χ3v) is 9.49. The van der Waals surface area contributed by atoms with E-state index in [1.165, 1.54) is 55.7 Å². The summed E-state index contributed by atoms with van der Waals surface area (Å²) < 4.78 is 54.5. The zero-order valence-electron chi connectivity index (χ0n) is 31.1. The van der Waals surface area contributed by atoms with Gasteiger partial charge < -0.3 is 14.4 Å². The summed E-state index contributed by atoms with van der Waals surface area (Å²) in [5, 5.41) is 28.5. The van der Waals surface area contributed by atoms with E-state index in [-0.39, 0.29) is 5.41 Å². The van der Waals surface area contributed by atoms with Crippen molar-refractivity contribution in [3.63, 3.8) is 0 Å². The average Bonchev–Trinajstić information content (AvgIpc) is 3.39. The Morgan fingerprint density at radius 1 is 0.980 bits per heavy atom. The van der Waals surface area contributed by atoms with Gasteiger partial charge in [0.15, 0.2) is 11.3 Å². The number of unbranched alkanes of at least 4 members (excludes halogenated alkanes) is 1. The Labute approximate surface area is 302 Å². The molecule has 1 aromatic carbocycles. The minimum absolute atomic E-state index is 0.171. The number of anilines is 1. The lowest BCUT2D eigenvalue weighted by Crippen LogP contribution is -2.43. The van der Waals surface area contributed by atoms with Crippen molar-refractivity contribution in [2.24, 2.45) is 11.3 Å². The summed E-state index contributed by atoms with van der Waals surface area (Å²) in [7, 11) is 0. The predicted octanol–water partition coefficient (Wildman–Crippen LogP) is 11.2. The van der Waals surface area contributed by atoms with Gasteiger partial charge in [-0.1, -0.05) is 96.4 Å². The fourth-order valence-electron chi connectivity index (χ4n) is 6.56. The lowest BCUT2D eigenvalue weighted by molar-refractivity contribution is -0.236. The van der Waals surface area contributed by atoms with E-state index in [9.17, 15) is 29.0 Å². The Balaban J connectivity index is 2.02. The molecule has 0 amide bonds. The summed E-state index contributed by atoms with van der Waals surface area (Å²) >= 11 is 0. The van der Waals surface area contributed by atoms with Gasteiger partial charge in [-0.2, -0.15) is 29.0 Å². The Morgan fingerprint density at radius 2 is 1.67 bits per heavy atom. The standard InChI is InChI=1S/C42H51F3N4O2/c1-8-12-14-30(10-3)29-49(11-4)35-21-18-31(19-22-35)17-20-33-25-40(5,6)24-32(38(33)50-23-9-2)15-13-16-37-36(28-48)39(34(26-46)27-47)51-41(37,7)42(43,44)45/h13,15-22,30H,8-12,14,23-25,29H2,1-7H3/b16-13+,20-17+,32-15+. The zero-order valence-corrected chi connectivity index (χ0v) is 31.1. The largest absolute Gasteiger partial charge is 0.493 e. The molecule has 0 bridgehead atoms. The number of allylic oxidation sites excluding steroid dienone is 7. The molecular weight excluding hydrogens is 649 g/mol. The number of alkyl halides is 3. The van der Waals surface area contributed by atoms with Crippen LogP contribution in [0.3, 0.4) is 0 Å². The highest BCUT2D eigenvalue weighted by Gasteiger charge is 2.60. The zero-order chi connectivity index (χ0) is 37.8. The summed E-state index contributed by atoms with van der Waals surface area (Å²) in [5.41, 5.74) is -0.709. The maximum absolute atomic E-state index is 14.4. The topological polar surface area (TPSA) is 93.1 Å². The van der Waals surface area contributed by atoms with E-state index in [4.69, 9.17) is 9.47 Å². The second-order valence-corrected chi connectivity index (χ2v) is 14.1. The van der Waals surface area contributed by atoms with Crippen LogP contribution in [0.25, 0.3) is 6.08 Å². The van der Waals surface area contributed by atoms with Crippen molar-refractivity contribution in [2.45, 2.75) is 105 Å². The molecule has 2 atom stereocenters. The molecule has 0 aromatic heterocycles. The molecule has 1 aliphatic heterocycles. The van der Waals surface area contributed by atoms with Crippen molar-refractivity contribution in [2.75, 3.05) is 24.6 Å². The molecule has 0 N–H and O–H groups in total.